The van der Waals surface area contributed by atoms with Gasteiger partial charge < -0.3 is 9.84 Å². The number of carboxylic acid groups (broad SMARTS) is 1. The number of hydrogen-bond acceptors (Lipinski definition) is 2. The first-order valence-corrected chi connectivity index (χ1v) is 5.37. The Morgan fingerprint density at radius 1 is 1.38 bits per heavy atom. The van der Waals surface area contributed by atoms with Gasteiger partial charge in [0.05, 0.1) is 0 Å². The van der Waals surface area contributed by atoms with Crippen molar-refractivity contribution in [2.24, 2.45) is 5.41 Å². The molecular weight excluding hydrogens is 204 g/mol. The maximum absolute atomic E-state index is 11.5. The van der Waals surface area contributed by atoms with Crippen LogP contribution in [0.3, 0.4) is 0 Å². The number of ether oxygens (including phenoxy) is 1. The smallest absolute Gasteiger partial charge is 0.348 e. The van der Waals surface area contributed by atoms with Gasteiger partial charge in [-0.3, -0.25) is 0 Å². The summed E-state index contributed by atoms with van der Waals surface area (Å²) in [6.45, 7) is 5.69. The van der Waals surface area contributed by atoms with Gasteiger partial charge in [0.1, 0.15) is 5.75 Å². The van der Waals surface area contributed by atoms with E-state index in [2.05, 4.69) is 0 Å². The molecule has 1 atom stereocenters. The zero-order chi connectivity index (χ0) is 12.0. The van der Waals surface area contributed by atoms with Crippen molar-refractivity contribution in [1.29, 1.82) is 0 Å². The second-order valence-electron chi connectivity index (χ2n) is 5.27. The van der Waals surface area contributed by atoms with Crippen LogP contribution < -0.4 is 4.74 Å². The highest BCUT2D eigenvalue weighted by molar-refractivity contribution is 5.81. The van der Waals surface area contributed by atoms with Crippen molar-refractivity contribution in [2.75, 3.05) is 0 Å². The molecule has 3 nitrogen and oxygen atoms in total. The summed E-state index contributed by atoms with van der Waals surface area (Å²) < 4.78 is 5.72. The zero-order valence-electron chi connectivity index (χ0n) is 9.78. The molecule has 3 heteroatoms. The second-order valence-corrected chi connectivity index (χ2v) is 5.27. The van der Waals surface area contributed by atoms with Gasteiger partial charge >= 0.3 is 5.97 Å². The summed E-state index contributed by atoms with van der Waals surface area (Å²) >= 11 is 0. The molecule has 0 spiro atoms. The zero-order valence-corrected chi connectivity index (χ0v) is 9.78. The van der Waals surface area contributed by atoms with E-state index in [4.69, 9.17) is 4.74 Å². The largest absolute Gasteiger partial charge is 0.478 e. The second kappa shape index (κ2) is 3.24. The van der Waals surface area contributed by atoms with Crippen LogP contribution in [-0.2, 0) is 11.2 Å². The molecule has 2 rings (SSSR count). The Morgan fingerprint density at radius 2 is 2.00 bits per heavy atom. The van der Waals surface area contributed by atoms with E-state index in [0.29, 0.717) is 12.2 Å². The van der Waals surface area contributed by atoms with Crippen LogP contribution in [0.1, 0.15) is 26.3 Å². The number of hydrogen-bond donors (Lipinski definition) is 1. The molecule has 0 bridgehead atoms. The molecule has 1 aliphatic rings. The normalized spacial score (nSPS) is 23.7. The monoisotopic (exact) mass is 220 g/mol. The maximum Gasteiger partial charge on any atom is 0.348 e. The minimum Gasteiger partial charge on any atom is -0.478 e. The first kappa shape index (κ1) is 11.0. The highest BCUT2D eigenvalue weighted by Crippen LogP contribution is 2.44. The summed E-state index contributed by atoms with van der Waals surface area (Å²) in [7, 11) is 0. The molecule has 0 aromatic heterocycles. The van der Waals surface area contributed by atoms with Crippen LogP contribution in [0.4, 0.5) is 0 Å². The van der Waals surface area contributed by atoms with Crippen molar-refractivity contribution in [3.8, 4) is 5.75 Å². The Morgan fingerprint density at radius 3 is 2.50 bits per heavy atom. The van der Waals surface area contributed by atoms with Gasteiger partial charge in [-0.1, -0.05) is 39.0 Å². The van der Waals surface area contributed by atoms with Gasteiger partial charge in [-0.15, -0.1) is 0 Å². The van der Waals surface area contributed by atoms with E-state index in [0.717, 1.165) is 5.56 Å². The minimum absolute atomic E-state index is 0.433. The molecule has 86 valence electrons. The van der Waals surface area contributed by atoms with Crippen molar-refractivity contribution in [1.82, 2.24) is 0 Å². The Bertz CT molecular complexity index is 404. The predicted molar refractivity (Wildman–Crippen MR) is 60.6 cm³/mol. The van der Waals surface area contributed by atoms with Crippen LogP contribution >= 0.6 is 0 Å². The molecule has 1 unspecified atom stereocenters. The molecule has 1 N–H and O–H groups in total. The van der Waals surface area contributed by atoms with Gasteiger partial charge in [-0.2, -0.15) is 0 Å². The minimum atomic E-state index is -1.14. The van der Waals surface area contributed by atoms with E-state index in [9.17, 15) is 9.90 Å². The lowest BCUT2D eigenvalue weighted by molar-refractivity contribution is -0.163. The number of aliphatic carboxylic acids is 1. The van der Waals surface area contributed by atoms with Crippen LogP contribution in [0.5, 0.6) is 5.75 Å². The first-order chi connectivity index (χ1) is 7.37. The third-order valence-corrected chi connectivity index (χ3v) is 3.25. The lowest BCUT2D eigenvalue weighted by atomic mass is 9.74. The SMILES string of the molecule is CC(C)(C)C1(C(=O)O)Cc2ccccc2O1. The number of benzene rings is 1. The van der Waals surface area contributed by atoms with Crippen LogP contribution in [-0.4, -0.2) is 16.7 Å². The van der Waals surface area contributed by atoms with E-state index in [1.54, 1.807) is 0 Å². The first-order valence-electron chi connectivity index (χ1n) is 5.37. The van der Waals surface area contributed by atoms with Crippen LogP contribution in [0, 0.1) is 5.41 Å². The van der Waals surface area contributed by atoms with Gasteiger partial charge in [-0.05, 0) is 11.6 Å². The quantitative estimate of drug-likeness (QED) is 0.791. The lowest BCUT2D eigenvalue weighted by Gasteiger charge is -2.36. The molecule has 0 amide bonds. The van der Waals surface area contributed by atoms with Crippen LogP contribution in [0.15, 0.2) is 24.3 Å². The Kier molecular flexibility index (Phi) is 2.22. The fourth-order valence-electron chi connectivity index (χ4n) is 2.10. The highest BCUT2D eigenvalue weighted by Gasteiger charge is 2.55. The predicted octanol–water partition coefficient (Wildman–Crippen LogP) is 2.49. The molecule has 0 aliphatic carbocycles. The van der Waals surface area contributed by atoms with E-state index >= 15 is 0 Å². The van der Waals surface area contributed by atoms with Crippen LogP contribution in [0.2, 0.25) is 0 Å². The molecule has 0 saturated heterocycles. The third kappa shape index (κ3) is 1.39. The van der Waals surface area contributed by atoms with E-state index in [1.807, 2.05) is 45.0 Å². The summed E-state index contributed by atoms with van der Waals surface area (Å²) in [5, 5.41) is 9.45. The molecule has 1 aromatic rings. The van der Waals surface area contributed by atoms with Crippen molar-refractivity contribution in [3.05, 3.63) is 29.8 Å². The van der Waals surface area contributed by atoms with Crippen molar-refractivity contribution in [2.45, 2.75) is 32.8 Å². The van der Waals surface area contributed by atoms with Gasteiger partial charge in [-0.25, -0.2) is 4.79 Å². The standard InChI is InChI=1S/C13H16O3/c1-12(2,3)13(11(14)15)8-9-6-4-5-7-10(9)16-13/h4-7H,8H2,1-3H3,(H,14,15). The summed E-state index contributed by atoms with van der Waals surface area (Å²) in [5.74, 6) is -0.198. The Hall–Kier alpha value is -1.51. The molecule has 0 radical (unpaired) electrons. The van der Waals surface area contributed by atoms with Gasteiger partial charge in [0.25, 0.3) is 0 Å². The number of para-hydroxylation sites is 1. The van der Waals surface area contributed by atoms with Gasteiger partial charge in [0.15, 0.2) is 0 Å². The molecule has 1 heterocycles. The van der Waals surface area contributed by atoms with Crippen molar-refractivity contribution < 1.29 is 14.6 Å². The molecule has 16 heavy (non-hydrogen) atoms. The topological polar surface area (TPSA) is 46.5 Å². The number of carbonyl (C=O) groups is 1. The molecule has 1 aromatic carbocycles. The highest BCUT2D eigenvalue weighted by atomic mass is 16.5. The van der Waals surface area contributed by atoms with Crippen molar-refractivity contribution in [3.63, 3.8) is 0 Å². The van der Waals surface area contributed by atoms with Gasteiger partial charge in [0.2, 0.25) is 5.60 Å². The average Bonchev–Trinajstić information content (AvgIpc) is 2.56. The van der Waals surface area contributed by atoms with E-state index < -0.39 is 17.0 Å². The number of carboxylic acids is 1. The maximum atomic E-state index is 11.5. The fourth-order valence-corrected chi connectivity index (χ4v) is 2.10. The summed E-state index contributed by atoms with van der Waals surface area (Å²) in [6.07, 6.45) is 0.433. The van der Waals surface area contributed by atoms with E-state index in [-0.39, 0.29) is 0 Å². The molecule has 0 fully saturated rings. The summed E-state index contributed by atoms with van der Waals surface area (Å²) in [6, 6.07) is 7.51. The lowest BCUT2D eigenvalue weighted by Crippen LogP contribution is -2.54. The van der Waals surface area contributed by atoms with Crippen LogP contribution in [0.25, 0.3) is 0 Å². The number of rotatable bonds is 1. The summed E-state index contributed by atoms with van der Waals surface area (Å²) in [5.41, 5.74) is -0.617. The third-order valence-electron chi connectivity index (χ3n) is 3.25. The molecular formula is C13H16O3. The molecule has 0 saturated carbocycles. The fraction of sp³-hybridized carbons (Fsp3) is 0.462. The van der Waals surface area contributed by atoms with Crippen molar-refractivity contribution >= 4 is 5.97 Å². The Balaban J connectivity index is 2.47. The average molecular weight is 220 g/mol. The van der Waals surface area contributed by atoms with Gasteiger partial charge in [0, 0.05) is 11.8 Å². The number of fused-ring (bicyclic) bond motifs is 1. The Labute approximate surface area is 95.0 Å². The van der Waals surface area contributed by atoms with E-state index in [1.165, 1.54) is 0 Å². The molecule has 1 aliphatic heterocycles. The summed E-state index contributed by atoms with van der Waals surface area (Å²) in [4.78, 5) is 11.5.